The molecule has 8 atom stereocenters. The Hall–Kier alpha value is -0.860. The molecule has 0 saturated heterocycles. The molecule has 0 amide bonds. The zero-order valence-corrected chi connectivity index (χ0v) is 17.1. The fourth-order valence-corrected chi connectivity index (χ4v) is 7.87. The summed E-state index contributed by atoms with van der Waals surface area (Å²) in [7, 11) is 0. The van der Waals surface area contributed by atoms with Crippen LogP contribution in [0.1, 0.15) is 85.5 Å². The van der Waals surface area contributed by atoms with E-state index in [0.29, 0.717) is 35.4 Å². The number of hydrogen-bond donors (Lipinski definition) is 0. The lowest BCUT2D eigenvalue weighted by Gasteiger charge is -2.60. The second-order valence-electron chi connectivity index (χ2n) is 10.4. The Morgan fingerprint density at radius 1 is 1.15 bits per heavy atom. The minimum absolute atomic E-state index is 0.0426. The normalized spacial score (nSPS) is 50.5. The fourth-order valence-electron chi connectivity index (χ4n) is 7.87. The van der Waals surface area contributed by atoms with E-state index in [1.54, 1.807) is 0 Å². The van der Waals surface area contributed by atoms with Gasteiger partial charge >= 0.3 is 5.97 Å². The quantitative estimate of drug-likeness (QED) is 0.638. The molecule has 0 aromatic rings. The Morgan fingerprint density at radius 2 is 1.92 bits per heavy atom. The number of ketones is 1. The van der Waals surface area contributed by atoms with Crippen molar-refractivity contribution in [2.24, 2.45) is 40.4 Å². The monoisotopic (exact) mass is 360 g/mol. The van der Waals surface area contributed by atoms with Crippen LogP contribution in [0.3, 0.4) is 0 Å². The van der Waals surface area contributed by atoms with E-state index in [1.807, 2.05) is 6.92 Å². The Labute approximate surface area is 158 Å². The van der Waals surface area contributed by atoms with Crippen LogP contribution in [0.2, 0.25) is 0 Å². The second-order valence-corrected chi connectivity index (χ2v) is 10.4. The SMILES string of the molecule is CCC(=O)O[C@@H]1CC[C@@]2(C)[C@@H](CC[C@@H]3[C@@H]2CC[C@]2(C)C(=O)CC(C)[C@@H]32)C1. The van der Waals surface area contributed by atoms with Crippen LogP contribution in [0, 0.1) is 40.4 Å². The number of carbonyl (C=O) groups is 2. The Morgan fingerprint density at radius 3 is 2.65 bits per heavy atom. The number of rotatable bonds is 2. The minimum Gasteiger partial charge on any atom is -0.462 e. The summed E-state index contributed by atoms with van der Waals surface area (Å²) in [5, 5.41) is 0. The van der Waals surface area contributed by atoms with E-state index >= 15 is 0 Å². The highest BCUT2D eigenvalue weighted by Gasteiger charge is 2.62. The van der Waals surface area contributed by atoms with Crippen molar-refractivity contribution in [2.45, 2.75) is 91.6 Å². The van der Waals surface area contributed by atoms with Gasteiger partial charge in [-0.1, -0.05) is 27.7 Å². The number of carbonyl (C=O) groups excluding carboxylic acids is 2. The summed E-state index contributed by atoms with van der Waals surface area (Å²) in [6.45, 7) is 9.00. The van der Waals surface area contributed by atoms with Crippen LogP contribution in [0.4, 0.5) is 0 Å². The third-order valence-electron chi connectivity index (χ3n) is 9.21. The lowest BCUT2D eigenvalue weighted by molar-refractivity contribution is -0.163. The van der Waals surface area contributed by atoms with Gasteiger partial charge in [0, 0.05) is 18.3 Å². The zero-order chi connectivity index (χ0) is 18.7. The van der Waals surface area contributed by atoms with Gasteiger partial charge in [0.15, 0.2) is 0 Å². The molecule has 4 rings (SSSR count). The number of Topliss-reactive ketones (excluding diaryl/α,β-unsaturated/α-hetero) is 1. The van der Waals surface area contributed by atoms with Crippen LogP contribution in [-0.4, -0.2) is 17.9 Å². The highest BCUT2D eigenvalue weighted by atomic mass is 16.5. The van der Waals surface area contributed by atoms with Crippen molar-refractivity contribution < 1.29 is 14.3 Å². The molecule has 26 heavy (non-hydrogen) atoms. The lowest BCUT2D eigenvalue weighted by atomic mass is 9.44. The summed E-state index contributed by atoms with van der Waals surface area (Å²) in [4.78, 5) is 24.4. The van der Waals surface area contributed by atoms with Gasteiger partial charge in [0.2, 0.25) is 0 Å². The predicted molar refractivity (Wildman–Crippen MR) is 101 cm³/mol. The molecular formula is C23H36O3. The largest absolute Gasteiger partial charge is 0.462 e. The number of ether oxygens (including phenoxy) is 1. The molecule has 4 aliphatic rings. The fraction of sp³-hybridized carbons (Fsp3) is 0.913. The summed E-state index contributed by atoms with van der Waals surface area (Å²) in [5.41, 5.74) is 0.336. The van der Waals surface area contributed by atoms with Crippen molar-refractivity contribution in [3.8, 4) is 0 Å². The van der Waals surface area contributed by atoms with E-state index < -0.39 is 0 Å². The van der Waals surface area contributed by atoms with Crippen LogP contribution in [-0.2, 0) is 14.3 Å². The first-order valence-electron chi connectivity index (χ1n) is 11.0. The first-order chi connectivity index (χ1) is 12.3. The van der Waals surface area contributed by atoms with Gasteiger partial charge in [-0.05, 0) is 80.0 Å². The van der Waals surface area contributed by atoms with Gasteiger partial charge in [0.25, 0.3) is 0 Å². The highest BCUT2D eigenvalue weighted by molar-refractivity contribution is 5.87. The van der Waals surface area contributed by atoms with E-state index in [1.165, 1.54) is 25.7 Å². The average molecular weight is 361 g/mol. The molecule has 0 heterocycles. The van der Waals surface area contributed by atoms with Crippen molar-refractivity contribution in [1.29, 1.82) is 0 Å². The van der Waals surface area contributed by atoms with Crippen molar-refractivity contribution in [1.82, 2.24) is 0 Å². The predicted octanol–water partition coefficient (Wildman–Crippen LogP) is 5.17. The molecule has 4 saturated carbocycles. The van der Waals surface area contributed by atoms with Gasteiger partial charge in [0.1, 0.15) is 11.9 Å². The van der Waals surface area contributed by atoms with Gasteiger partial charge in [-0.2, -0.15) is 0 Å². The summed E-state index contributed by atoms with van der Waals surface area (Å²) >= 11 is 0. The Bertz CT molecular complexity index is 598. The van der Waals surface area contributed by atoms with Gasteiger partial charge in [0.05, 0.1) is 0 Å². The Balaban J connectivity index is 1.54. The van der Waals surface area contributed by atoms with Crippen molar-refractivity contribution in [3.05, 3.63) is 0 Å². The lowest BCUT2D eigenvalue weighted by Crippen LogP contribution is -2.54. The third kappa shape index (κ3) is 2.59. The van der Waals surface area contributed by atoms with Crippen LogP contribution in [0.15, 0.2) is 0 Å². The van der Waals surface area contributed by atoms with Crippen molar-refractivity contribution >= 4 is 11.8 Å². The van der Waals surface area contributed by atoms with Gasteiger partial charge in [-0.25, -0.2) is 0 Å². The van der Waals surface area contributed by atoms with Gasteiger partial charge in [-0.3, -0.25) is 9.59 Å². The van der Waals surface area contributed by atoms with Crippen molar-refractivity contribution in [2.75, 3.05) is 0 Å². The maximum Gasteiger partial charge on any atom is 0.305 e. The molecule has 3 heteroatoms. The van der Waals surface area contributed by atoms with Crippen LogP contribution >= 0.6 is 0 Å². The van der Waals surface area contributed by atoms with Crippen molar-refractivity contribution in [3.63, 3.8) is 0 Å². The molecular weight excluding hydrogens is 324 g/mol. The maximum atomic E-state index is 12.7. The molecule has 0 aromatic heterocycles. The molecule has 0 spiro atoms. The molecule has 0 aromatic carbocycles. The summed E-state index contributed by atoms with van der Waals surface area (Å²) in [6.07, 6.45) is 9.54. The van der Waals surface area contributed by atoms with Gasteiger partial charge in [-0.15, -0.1) is 0 Å². The molecule has 0 N–H and O–H groups in total. The molecule has 1 unspecified atom stereocenters. The summed E-state index contributed by atoms with van der Waals surface area (Å²) in [6, 6.07) is 0. The molecule has 0 radical (unpaired) electrons. The molecule has 0 bridgehead atoms. The first kappa shape index (κ1) is 18.5. The Kier molecular flexibility index (Phi) is 4.51. The first-order valence-corrected chi connectivity index (χ1v) is 11.0. The molecule has 4 fully saturated rings. The third-order valence-corrected chi connectivity index (χ3v) is 9.21. The molecule has 4 aliphatic carbocycles. The van der Waals surface area contributed by atoms with Crippen LogP contribution < -0.4 is 0 Å². The zero-order valence-electron chi connectivity index (χ0n) is 17.1. The molecule has 0 aliphatic heterocycles. The standard InChI is InChI=1S/C23H36O3/c1-5-20(25)26-16-8-10-22(3)15(13-16)6-7-17-18(22)9-11-23(4)19(24)12-14(2)21(17)23/h14-18,21H,5-13H2,1-4H3/t14?,15-,16+,17+,18-,21-,22-,23+/m0/s1. The average Bonchev–Trinajstić information content (AvgIpc) is 2.84. The second kappa shape index (κ2) is 6.34. The summed E-state index contributed by atoms with van der Waals surface area (Å²) in [5.74, 6) is 3.82. The van der Waals surface area contributed by atoms with E-state index in [-0.39, 0.29) is 17.5 Å². The van der Waals surface area contributed by atoms with Crippen LogP contribution in [0.25, 0.3) is 0 Å². The number of fused-ring (bicyclic) bond motifs is 5. The van der Waals surface area contributed by atoms with Crippen LogP contribution in [0.5, 0.6) is 0 Å². The van der Waals surface area contributed by atoms with E-state index in [0.717, 1.165) is 37.5 Å². The van der Waals surface area contributed by atoms with E-state index in [4.69, 9.17) is 4.74 Å². The van der Waals surface area contributed by atoms with E-state index in [2.05, 4.69) is 20.8 Å². The smallest absolute Gasteiger partial charge is 0.305 e. The topological polar surface area (TPSA) is 43.4 Å². The maximum absolute atomic E-state index is 12.7. The molecule has 3 nitrogen and oxygen atoms in total. The molecule has 146 valence electrons. The number of hydrogen-bond acceptors (Lipinski definition) is 3. The summed E-state index contributed by atoms with van der Waals surface area (Å²) < 4.78 is 5.70. The number of esters is 1. The van der Waals surface area contributed by atoms with E-state index in [9.17, 15) is 9.59 Å². The highest BCUT2D eigenvalue weighted by Crippen LogP contribution is 2.66. The minimum atomic E-state index is -0.0440. The van der Waals surface area contributed by atoms with Gasteiger partial charge < -0.3 is 4.74 Å².